The molecule has 3 amide bonds. The van der Waals surface area contributed by atoms with Crippen LogP contribution >= 0.6 is 11.8 Å². The fourth-order valence-corrected chi connectivity index (χ4v) is 4.44. The second kappa shape index (κ2) is 13.8. The van der Waals surface area contributed by atoms with Crippen LogP contribution in [0.2, 0.25) is 0 Å². The number of nitrogens with one attached hydrogen (secondary N) is 3. The number of thioether (sulfide) groups is 1. The minimum atomic E-state index is -0.470. The van der Waals surface area contributed by atoms with Gasteiger partial charge in [-0.15, -0.1) is 11.8 Å². The summed E-state index contributed by atoms with van der Waals surface area (Å²) in [5.41, 5.74) is 3.59. The fourth-order valence-electron chi connectivity index (χ4n) is 3.68. The van der Waals surface area contributed by atoms with Crippen LogP contribution in [0.5, 0.6) is 5.75 Å². The molecule has 0 atom stereocenters. The number of hydrogen-bond acceptors (Lipinski definition) is 5. The van der Waals surface area contributed by atoms with Gasteiger partial charge in [-0.05, 0) is 61.0 Å². The number of carbonyl (C=O) groups is 3. The monoisotopic (exact) mass is 551 g/mol. The average Bonchev–Trinajstić information content (AvgIpc) is 2.97. The summed E-state index contributed by atoms with van der Waals surface area (Å²) in [5.74, 6) is -0.187. The molecular formula is C32H29N3O4S. The SMILES string of the molecule is COc1cccc(NC(=O)CSc2cccc(NC(=O)/C(=C/c3ccc(C)cc3)NC(=O)c3ccccc3)c2)c1. The standard InChI is InChI=1S/C32H29N3O4S/c1-22-14-16-23(17-15-22)18-29(35-31(37)24-8-4-3-5-9-24)32(38)34-26-11-7-13-28(20-26)40-21-30(36)33-25-10-6-12-27(19-25)39-2/h3-20H,21H2,1-2H3,(H,33,36)(H,34,38)(H,35,37)/b29-18-. The Bertz CT molecular complexity index is 1520. The van der Waals surface area contributed by atoms with Crippen LogP contribution in [-0.2, 0) is 9.59 Å². The van der Waals surface area contributed by atoms with Gasteiger partial charge in [0.1, 0.15) is 11.4 Å². The van der Waals surface area contributed by atoms with Crippen LogP contribution < -0.4 is 20.7 Å². The fraction of sp³-hybridized carbons (Fsp3) is 0.0938. The van der Waals surface area contributed by atoms with Gasteiger partial charge < -0.3 is 20.7 Å². The van der Waals surface area contributed by atoms with E-state index in [0.717, 1.165) is 16.0 Å². The number of benzene rings is 4. The average molecular weight is 552 g/mol. The Labute approximate surface area is 237 Å². The summed E-state index contributed by atoms with van der Waals surface area (Å²) >= 11 is 1.34. The van der Waals surface area contributed by atoms with Crippen LogP contribution in [-0.4, -0.2) is 30.6 Å². The lowest BCUT2D eigenvalue weighted by Gasteiger charge is -2.12. The topological polar surface area (TPSA) is 96.5 Å². The minimum Gasteiger partial charge on any atom is -0.497 e. The lowest BCUT2D eigenvalue weighted by molar-refractivity contribution is -0.114. The third-order valence-corrected chi connectivity index (χ3v) is 6.73. The van der Waals surface area contributed by atoms with E-state index in [9.17, 15) is 14.4 Å². The molecule has 0 aliphatic carbocycles. The van der Waals surface area contributed by atoms with Crippen LogP contribution in [0.25, 0.3) is 6.08 Å². The number of ether oxygens (including phenoxy) is 1. The first-order valence-electron chi connectivity index (χ1n) is 12.5. The molecule has 0 unspecified atom stereocenters. The molecule has 4 aromatic rings. The Balaban J connectivity index is 1.43. The molecule has 0 radical (unpaired) electrons. The zero-order valence-electron chi connectivity index (χ0n) is 22.1. The van der Waals surface area contributed by atoms with Crippen LogP contribution in [0.15, 0.2) is 114 Å². The lowest BCUT2D eigenvalue weighted by atomic mass is 10.1. The van der Waals surface area contributed by atoms with E-state index in [1.54, 1.807) is 79.9 Å². The van der Waals surface area contributed by atoms with E-state index in [2.05, 4.69) is 16.0 Å². The highest BCUT2D eigenvalue weighted by Crippen LogP contribution is 2.23. The first kappa shape index (κ1) is 28.2. The Hall–Kier alpha value is -4.82. The maximum atomic E-state index is 13.3. The number of hydrogen-bond donors (Lipinski definition) is 3. The van der Waals surface area contributed by atoms with Crippen LogP contribution in [0, 0.1) is 6.92 Å². The van der Waals surface area contributed by atoms with E-state index in [0.29, 0.717) is 22.7 Å². The van der Waals surface area contributed by atoms with Gasteiger partial charge in [0.2, 0.25) is 5.91 Å². The molecule has 3 N–H and O–H groups in total. The second-order valence-corrected chi connectivity index (χ2v) is 9.89. The van der Waals surface area contributed by atoms with Crippen molar-refractivity contribution >= 4 is 46.9 Å². The predicted octanol–water partition coefficient (Wildman–Crippen LogP) is 6.14. The Kier molecular flexibility index (Phi) is 9.74. The molecule has 202 valence electrons. The smallest absolute Gasteiger partial charge is 0.272 e. The Morgan fingerprint density at radius 1 is 0.800 bits per heavy atom. The Morgan fingerprint density at radius 2 is 1.50 bits per heavy atom. The number of methoxy groups -OCH3 is 1. The molecule has 0 fully saturated rings. The highest BCUT2D eigenvalue weighted by Gasteiger charge is 2.15. The van der Waals surface area contributed by atoms with Gasteiger partial charge in [0.05, 0.1) is 12.9 Å². The van der Waals surface area contributed by atoms with Crippen molar-refractivity contribution in [3.8, 4) is 5.75 Å². The summed E-state index contributed by atoms with van der Waals surface area (Å²) in [6, 6.07) is 30.7. The minimum absolute atomic E-state index is 0.105. The van der Waals surface area contributed by atoms with Gasteiger partial charge in [-0.1, -0.05) is 60.2 Å². The first-order valence-corrected chi connectivity index (χ1v) is 13.5. The number of carbonyl (C=O) groups excluding carboxylic acids is 3. The maximum absolute atomic E-state index is 13.3. The summed E-state index contributed by atoms with van der Waals surface area (Å²) in [6.07, 6.45) is 1.64. The molecule has 4 aromatic carbocycles. The molecule has 0 aliphatic heterocycles. The number of rotatable bonds is 10. The molecule has 0 aliphatic rings. The van der Waals surface area contributed by atoms with Crippen molar-refractivity contribution in [3.05, 3.63) is 126 Å². The molecular weight excluding hydrogens is 522 g/mol. The summed E-state index contributed by atoms with van der Waals surface area (Å²) in [6.45, 7) is 1.98. The zero-order chi connectivity index (χ0) is 28.3. The number of aryl methyl sites for hydroxylation is 1. The molecule has 40 heavy (non-hydrogen) atoms. The van der Waals surface area contributed by atoms with Crippen LogP contribution in [0.1, 0.15) is 21.5 Å². The maximum Gasteiger partial charge on any atom is 0.272 e. The molecule has 0 heterocycles. The van der Waals surface area contributed by atoms with E-state index in [1.807, 2.05) is 43.3 Å². The van der Waals surface area contributed by atoms with Gasteiger partial charge in [0.15, 0.2) is 0 Å². The van der Waals surface area contributed by atoms with Crippen molar-refractivity contribution in [2.75, 3.05) is 23.5 Å². The van der Waals surface area contributed by atoms with Crippen LogP contribution in [0.4, 0.5) is 11.4 Å². The normalized spacial score (nSPS) is 10.9. The summed E-state index contributed by atoms with van der Waals surface area (Å²) in [7, 11) is 1.57. The van der Waals surface area contributed by atoms with Crippen molar-refractivity contribution in [3.63, 3.8) is 0 Å². The summed E-state index contributed by atoms with van der Waals surface area (Å²) < 4.78 is 5.19. The molecule has 4 rings (SSSR count). The third kappa shape index (κ3) is 8.34. The van der Waals surface area contributed by atoms with Crippen molar-refractivity contribution in [1.29, 1.82) is 0 Å². The molecule has 0 aromatic heterocycles. The Morgan fingerprint density at radius 3 is 2.23 bits per heavy atom. The lowest BCUT2D eigenvalue weighted by Crippen LogP contribution is -2.30. The highest BCUT2D eigenvalue weighted by atomic mass is 32.2. The van der Waals surface area contributed by atoms with E-state index >= 15 is 0 Å². The largest absolute Gasteiger partial charge is 0.497 e. The third-order valence-electron chi connectivity index (χ3n) is 5.73. The number of amides is 3. The van der Waals surface area contributed by atoms with Gasteiger partial charge in [0.25, 0.3) is 11.8 Å². The van der Waals surface area contributed by atoms with Gasteiger partial charge in [-0.25, -0.2) is 0 Å². The van der Waals surface area contributed by atoms with E-state index < -0.39 is 5.91 Å². The summed E-state index contributed by atoms with van der Waals surface area (Å²) in [5, 5.41) is 8.46. The second-order valence-electron chi connectivity index (χ2n) is 8.84. The van der Waals surface area contributed by atoms with Crippen molar-refractivity contribution in [2.45, 2.75) is 11.8 Å². The van der Waals surface area contributed by atoms with Gasteiger partial charge in [-0.2, -0.15) is 0 Å². The number of anilines is 2. The highest BCUT2D eigenvalue weighted by molar-refractivity contribution is 8.00. The van der Waals surface area contributed by atoms with Crippen molar-refractivity contribution in [1.82, 2.24) is 5.32 Å². The van der Waals surface area contributed by atoms with Gasteiger partial charge >= 0.3 is 0 Å². The van der Waals surface area contributed by atoms with Gasteiger partial charge in [0, 0.05) is 27.9 Å². The van der Waals surface area contributed by atoms with Gasteiger partial charge in [-0.3, -0.25) is 14.4 Å². The van der Waals surface area contributed by atoms with Crippen LogP contribution in [0.3, 0.4) is 0 Å². The van der Waals surface area contributed by atoms with Crippen molar-refractivity contribution in [2.24, 2.45) is 0 Å². The molecule has 0 spiro atoms. The molecule has 0 saturated carbocycles. The zero-order valence-corrected chi connectivity index (χ0v) is 23.0. The predicted molar refractivity (Wildman–Crippen MR) is 160 cm³/mol. The van der Waals surface area contributed by atoms with E-state index in [4.69, 9.17) is 4.74 Å². The molecule has 0 bridgehead atoms. The van der Waals surface area contributed by atoms with E-state index in [-0.39, 0.29) is 23.3 Å². The first-order chi connectivity index (χ1) is 19.4. The molecule has 8 heteroatoms. The summed E-state index contributed by atoms with van der Waals surface area (Å²) in [4.78, 5) is 39.4. The molecule has 0 saturated heterocycles. The van der Waals surface area contributed by atoms with Crippen molar-refractivity contribution < 1.29 is 19.1 Å². The molecule has 7 nitrogen and oxygen atoms in total. The quantitative estimate of drug-likeness (QED) is 0.162. The van der Waals surface area contributed by atoms with E-state index in [1.165, 1.54) is 11.8 Å².